The van der Waals surface area contributed by atoms with Gasteiger partial charge in [-0.2, -0.15) is 0 Å². The van der Waals surface area contributed by atoms with Crippen LogP contribution >= 0.6 is 0 Å². The van der Waals surface area contributed by atoms with E-state index in [4.69, 9.17) is 5.73 Å². The minimum atomic E-state index is 0.410. The van der Waals surface area contributed by atoms with Crippen molar-refractivity contribution in [3.8, 4) is 0 Å². The molecule has 52 valence electrons. The number of aromatic nitrogens is 2. The molecule has 0 unspecified atom stereocenters. The molecular formula is C6H8N4. The second-order valence-corrected chi connectivity index (χ2v) is 1.70. The number of amidine groups is 1. The fourth-order valence-corrected chi connectivity index (χ4v) is 0.546. The number of rotatable bonds is 1. The summed E-state index contributed by atoms with van der Waals surface area (Å²) in [6.07, 6.45) is 4.74. The van der Waals surface area contributed by atoms with Crippen LogP contribution in [-0.4, -0.2) is 22.9 Å². The molecule has 0 bridgehead atoms. The summed E-state index contributed by atoms with van der Waals surface area (Å²) >= 11 is 0. The van der Waals surface area contributed by atoms with Crippen molar-refractivity contribution in [1.29, 1.82) is 0 Å². The summed E-state index contributed by atoms with van der Waals surface area (Å²) in [6.45, 7) is 0. The van der Waals surface area contributed by atoms with Crippen LogP contribution in [0.25, 0.3) is 0 Å². The van der Waals surface area contributed by atoms with E-state index in [0.29, 0.717) is 11.5 Å². The average Bonchev–Trinajstić information content (AvgIpc) is 2.05. The van der Waals surface area contributed by atoms with Crippen LogP contribution in [0.2, 0.25) is 0 Å². The molecular weight excluding hydrogens is 128 g/mol. The quantitative estimate of drug-likeness (QED) is 0.430. The van der Waals surface area contributed by atoms with Gasteiger partial charge in [0, 0.05) is 19.4 Å². The van der Waals surface area contributed by atoms with Crippen LogP contribution in [0.3, 0.4) is 0 Å². The van der Waals surface area contributed by atoms with Crippen molar-refractivity contribution in [2.24, 2.45) is 10.7 Å². The van der Waals surface area contributed by atoms with Crippen LogP contribution < -0.4 is 5.73 Å². The molecule has 1 aromatic rings. The Balaban J connectivity index is 2.96. The molecule has 0 aromatic carbocycles. The third-order valence-corrected chi connectivity index (χ3v) is 1.07. The summed E-state index contributed by atoms with van der Waals surface area (Å²) < 4.78 is 0. The van der Waals surface area contributed by atoms with Crippen LogP contribution in [0.1, 0.15) is 5.69 Å². The smallest absolute Gasteiger partial charge is 0.145 e. The number of hydrogen-bond acceptors (Lipinski definition) is 3. The van der Waals surface area contributed by atoms with Crippen LogP contribution in [0.4, 0.5) is 0 Å². The van der Waals surface area contributed by atoms with E-state index in [1.54, 1.807) is 25.6 Å². The Morgan fingerprint density at radius 1 is 1.60 bits per heavy atom. The molecule has 4 nitrogen and oxygen atoms in total. The zero-order valence-corrected chi connectivity index (χ0v) is 5.65. The molecule has 4 heteroatoms. The van der Waals surface area contributed by atoms with E-state index in [9.17, 15) is 0 Å². The van der Waals surface area contributed by atoms with Crippen molar-refractivity contribution in [3.05, 3.63) is 24.3 Å². The molecule has 0 aliphatic heterocycles. The van der Waals surface area contributed by atoms with E-state index < -0.39 is 0 Å². The number of nitrogens with zero attached hydrogens (tertiary/aromatic N) is 3. The molecule has 0 atom stereocenters. The molecule has 0 aliphatic carbocycles. The first kappa shape index (κ1) is 6.67. The van der Waals surface area contributed by atoms with Crippen LogP contribution in [0.5, 0.6) is 0 Å². The van der Waals surface area contributed by atoms with Crippen molar-refractivity contribution >= 4 is 5.84 Å². The van der Waals surface area contributed by atoms with Gasteiger partial charge in [-0.05, 0) is 0 Å². The first-order valence-electron chi connectivity index (χ1n) is 2.83. The standard InChI is InChI=1S/C6H8N4/c1-8-6(7)5-4-9-2-3-10-5/h2-4H,1H3,(H2,7,8). The van der Waals surface area contributed by atoms with Gasteiger partial charge in [-0.3, -0.25) is 9.98 Å². The molecule has 0 saturated carbocycles. The first-order valence-corrected chi connectivity index (χ1v) is 2.83. The Hall–Kier alpha value is -1.45. The normalized spacial score (nSPS) is 11.5. The van der Waals surface area contributed by atoms with E-state index in [-0.39, 0.29) is 0 Å². The molecule has 1 rings (SSSR count). The van der Waals surface area contributed by atoms with E-state index in [2.05, 4.69) is 15.0 Å². The zero-order chi connectivity index (χ0) is 7.40. The Bertz CT molecular complexity index is 229. The molecule has 0 radical (unpaired) electrons. The highest BCUT2D eigenvalue weighted by molar-refractivity contribution is 5.95. The van der Waals surface area contributed by atoms with Crippen molar-refractivity contribution < 1.29 is 0 Å². The highest BCUT2D eigenvalue weighted by Gasteiger charge is 1.94. The predicted molar refractivity (Wildman–Crippen MR) is 38.7 cm³/mol. The summed E-state index contributed by atoms with van der Waals surface area (Å²) in [5, 5.41) is 0. The van der Waals surface area contributed by atoms with Crippen molar-refractivity contribution in [2.75, 3.05) is 7.05 Å². The topological polar surface area (TPSA) is 64.2 Å². The Morgan fingerprint density at radius 2 is 2.40 bits per heavy atom. The van der Waals surface area contributed by atoms with E-state index in [1.807, 2.05) is 0 Å². The predicted octanol–water partition coefficient (Wildman–Crippen LogP) is -0.188. The lowest BCUT2D eigenvalue weighted by atomic mass is 10.4. The fourth-order valence-electron chi connectivity index (χ4n) is 0.546. The van der Waals surface area contributed by atoms with Gasteiger partial charge < -0.3 is 5.73 Å². The minimum absolute atomic E-state index is 0.410. The van der Waals surface area contributed by atoms with Gasteiger partial charge in [0.2, 0.25) is 0 Å². The highest BCUT2D eigenvalue weighted by atomic mass is 14.9. The first-order chi connectivity index (χ1) is 4.84. The molecule has 0 aliphatic rings. The van der Waals surface area contributed by atoms with Crippen molar-refractivity contribution in [1.82, 2.24) is 9.97 Å². The van der Waals surface area contributed by atoms with E-state index in [1.165, 1.54) is 0 Å². The monoisotopic (exact) mass is 136 g/mol. The fraction of sp³-hybridized carbons (Fsp3) is 0.167. The Kier molecular flexibility index (Phi) is 1.94. The molecule has 0 saturated heterocycles. The zero-order valence-electron chi connectivity index (χ0n) is 5.65. The van der Waals surface area contributed by atoms with Gasteiger partial charge in [0.15, 0.2) is 0 Å². The second-order valence-electron chi connectivity index (χ2n) is 1.70. The van der Waals surface area contributed by atoms with Crippen molar-refractivity contribution in [2.45, 2.75) is 0 Å². The number of nitrogens with two attached hydrogens (primary N) is 1. The number of aliphatic imine (C=N–C) groups is 1. The minimum Gasteiger partial charge on any atom is -0.382 e. The maximum Gasteiger partial charge on any atom is 0.145 e. The second kappa shape index (κ2) is 2.91. The molecule has 0 fully saturated rings. The summed E-state index contributed by atoms with van der Waals surface area (Å²) in [5.74, 6) is 0.410. The van der Waals surface area contributed by atoms with Gasteiger partial charge in [-0.1, -0.05) is 0 Å². The van der Waals surface area contributed by atoms with Gasteiger partial charge in [0.25, 0.3) is 0 Å². The summed E-state index contributed by atoms with van der Waals surface area (Å²) in [5.41, 5.74) is 6.06. The highest BCUT2D eigenvalue weighted by Crippen LogP contribution is 1.87. The van der Waals surface area contributed by atoms with Gasteiger partial charge in [0.1, 0.15) is 11.5 Å². The van der Waals surface area contributed by atoms with Crippen molar-refractivity contribution in [3.63, 3.8) is 0 Å². The molecule has 10 heavy (non-hydrogen) atoms. The lowest BCUT2D eigenvalue weighted by Gasteiger charge is -1.94. The molecule has 1 heterocycles. The molecule has 0 spiro atoms. The van der Waals surface area contributed by atoms with Gasteiger partial charge >= 0.3 is 0 Å². The van der Waals surface area contributed by atoms with Crippen LogP contribution in [0.15, 0.2) is 23.6 Å². The summed E-state index contributed by atoms with van der Waals surface area (Å²) in [4.78, 5) is 11.5. The number of hydrogen-bond donors (Lipinski definition) is 1. The molecule has 1 aromatic heterocycles. The maximum absolute atomic E-state index is 5.44. The summed E-state index contributed by atoms with van der Waals surface area (Å²) in [7, 11) is 1.62. The van der Waals surface area contributed by atoms with Gasteiger partial charge in [0.05, 0.1) is 6.20 Å². The lowest BCUT2D eigenvalue weighted by Crippen LogP contribution is -2.14. The Morgan fingerprint density at radius 3 is 2.90 bits per heavy atom. The SMILES string of the molecule is CN=C(N)c1cnccn1. The maximum atomic E-state index is 5.44. The average molecular weight is 136 g/mol. The summed E-state index contributed by atoms with van der Waals surface area (Å²) in [6, 6.07) is 0. The van der Waals surface area contributed by atoms with Crippen LogP contribution in [-0.2, 0) is 0 Å². The third-order valence-electron chi connectivity index (χ3n) is 1.07. The van der Waals surface area contributed by atoms with E-state index >= 15 is 0 Å². The molecule has 2 N–H and O–H groups in total. The van der Waals surface area contributed by atoms with Gasteiger partial charge in [-0.15, -0.1) is 0 Å². The molecule has 0 amide bonds. The Labute approximate surface area is 58.8 Å². The lowest BCUT2D eigenvalue weighted by molar-refractivity contribution is 1.16. The van der Waals surface area contributed by atoms with Crippen LogP contribution in [0, 0.1) is 0 Å². The largest absolute Gasteiger partial charge is 0.382 e. The van der Waals surface area contributed by atoms with E-state index in [0.717, 1.165) is 0 Å². The van der Waals surface area contributed by atoms with Gasteiger partial charge in [-0.25, -0.2) is 4.98 Å². The third kappa shape index (κ3) is 1.28.